The summed E-state index contributed by atoms with van der Waals surface area (Å²) in [6.07, 6.45) is -0.916. The van der Waals surface area contributed by atoms with Crippen molar-refractivity contribution >= 4 is 29.3 Å². The third-order valence-corrected chi connectivity index (χ3v) is 3.20. The standard InChI is InChI=1S/C14H14O10/c1-22-7-5-4-6(8(15)9(7)16)10(17)14(21,13(20)24-3)11(18)12(19)23-2/h4-5,11,18,21H,1-3H3/t11-,14+/m0/s1. The molecule has 0 heterocycles. The lowest BCUT2D eigenvalue weighted by molar-refractivity contribution is -0.188. The summed E-state index contributed by atoms with van der Waals surface area (Å²) >= 11 is 0. The van der Waals surface area contributed by atoms with Crippen LogP contribution in [-0.2, 0) is 38.2 Å². The Hall–Kier alpha value is -2.85. The monoisotopic (exact) mass is 342 g/mol. The molecule has 10 heteroatoms. The lowest BCUT2D eigenvalue weighted by Crippen LogP contribution is -2.60. The molecule has 24 heavy (non-hydrogen) atoms. The molecule has 2 atom stereocenters. The molecule has 0 unspecified atom stereocenters. The van der Waals surface area contributed by atoms with Gasteiger partial charge in [0.2, 0.25) is 11.6 Å². The van der Waals surface area contributed by atoms with Gasteiger partial charge in [-0.3, -0.25) is 14.4 Å². The number of hydrogen-bond donors (Lipinski definition) is 2. The van der Waals surface area contributed by atoms with Gasteiger partial charge in [-0.2, -0.15) is 0 Å². The van der Waals surface area contributed by atoms with Crippen LogP contribution in [-0.4, -0.2) is 72.5 Å². The maximum atomic E-state index is 12.4. The van der Waals surface area contributed by atoms with Gasteiger partial charge in [0.1, 0.15) is 0 Å². The smallest absolute Gasteiger partial charge is 0.349 e. The average molecular weight is 342 g/mol. The number of Topliss-reactive ketones (excluding diaryl/α,β-unsaturated/α-hetero) is 3. The van der Waals surface area contributed by atoms with E-state index in [0.29, 0.717) is 0 Å². The van der Waals surface area contributed by atoms with Crippen molar-refractivity contribution in [2.75, 3.05) is 21.3 Å². The highest BCUT2D eigenvalue weighted by atomic mass is 16.6. The van der Waals surface area contributed by atoms with Crippen LogP contribution in [0, 0.1) is 0 Å². The van der Waals surface area contributed by atoms with Gasteiger partial charge in [0.25, 0.3) is 11.4 Å². The Morgan fingerprint density at radius 2 is 1.62 bits per heavy atom. The fourth-order valence-corrected chi connectivity index (χ4v) is 1.86. The van der Waals surface area contributed by atoms with Gasteiger partial charge in [-0.25, -0.2) is 9.59 Å². The molecular formula is C14H14O10. The molecule has 10 nitrogen and oxygen atoms in total. The van der Waals surface area contributed by atoms with Gasteiger partial charge in [-0.1, -0.05) is 0 Å². The van der Waals surface area contributed by atoms with Gasteiger partial charge in [0, 0.05) is 0 Å². The van der Waals surface area contributed by atoms with Crippen molar-refractivity contribution in [2.24, 2.45) is 0 Å². The van der Waals surface area contributed by atoms with Gasteiger partial charge in [0.15, 0.2) is 11.9 Å². The highest BCUT2D eigenvalue weighted by molar-refractivity contribution is 6.55. The quantitative estimate of drug-likeness (QED) is 0.175. The number of aliphatic hydroxyl groups excluding tert-OH is 1. The Morgan fingerprint density at radius 3 is 2.08 bits per heavy atom. The van der Waals surface area contributed by atoms with Crippen molar-refractivity contribution < 1.29 is 48.4 Å². The highest BCUT2D eigenvalue weighted by Gasteiger charge is 2.57. The van der Waals surface area contributed by atoms with E-state index < -0.39 is 46.6 Å². The van der Waals surface area contributed by atoms with Crippen LogP contribution in [0.1, 0.15) is 0 Å². The number of methoxy groups -OCH3 is 3. The Bertz CT molecular complexity index is 671. The minimum atomic E-state index is -3.47. The average Bonchev–Trinajstić information content (AvgIpc) is 2.60. The fourth-order valence-electron chi connectivity index (χ4n) is 1.86. The van der Waals surface area contributed by atoms with E-state index in [1.165, 1.54) is 0 Å². The minimum absolute atomic E-state index is 0.369. The molecular weight excluding hydrogens is 328 g/mol. The van der Waals surface area contributed by atoms with Gasteiger partial charge < -0.3 is 24.4 Å². The number of ether oxygens (including phenoxy) is 3. The molecule has 0 saturated carbocycles. The van der Waals surface area contributed by atoms with E-state index in [1.807, 2.05) is 0 Å². The van der Waals surface area contributed by atoms with Crippen LogP contribution < -0.4 is 0 Å². The van der Waals surface area contributed by atoms with Crippen molar-refractivity contribution in [1.82, 2.24) is 0 Å². The fraction of sp³-hybridized carbons (Fsp3) is 0.357. The zero-order valence-corrected chi connectivity index (χ0v) is 12.9. The molecule has 2 N–H and O–H groups in total. The number of carbonyl (C=O) groups is 5. The minimum Gasteiger partial charge on any atom is -0.493 e. The molecule has 1 rings (SSSR count). The zero-order valence-electron chi connectivity index (χ0n) is 12.9. The van der Waals surface area contributed by atoms with E-state index in [9.17, 15) is 34.2 Å². The van der Waals surface area contributed by atoms with Gasteiger partial charge in [-0.15, -0.1) is 0 Å². The SMILES string of the molecule is COC(=O)[C@H](O)[C@@](O)(C(=O)OC)C(=O)C1=CC=C(OC)C(=O)C1=O. The number of carbonyl (C=O) groups excluding carboxylic acids is 5. The van der Waals surface area contributed by atoms with Crippen LogP contribution in [0.25, 0.3) is 0 Å². The van der Waals surface area contributed by atoms with Crippen LogP contribution in [0.5, 0.6) is 0 Å². The predicted octanol–water partition coefficient (Wildman–Crippen LogP) is -2.40. The molecule has 1 aliphatic rings. The maximum absolute atomic E-state index is 12.4. The topological polar surface area (TPSA) is 154 Å². The number of rotatable bonds is 6. The number of aliphatic hydroxyl groups is 2. The molecule has 0 fully saturated rings. The summed E-state index contributed by atoms with van der Waals surface area (Å²) in [5, 5.41) is 20.0. The summed E-state index contributed by atoms with van der Waals surface area (Å²) in [6, 6.07) is 0. The number of esters is 2. The van der Waals surface area contributed by atoms with E-state index in [1.54, 1.807) is 0 Å². The van der Waals surface area contributed by atoms with Crippen LogP contribution >= 0.6 is 0 Å². The molecule has 0 aromatic rings. The van der Waals surface area contributed by atoms with E-state index in [0.717, 1.165) is 33.5 Å². The predicted molar refractivity (Wildman–Crippen MR) is 73.2 cm³/mol. The van der Waals surface area contributed by atoms with E-state index in [2.05, 4.69) is 14.2 Å². The zero-order chi connectivity index (χ0) is 18.7. The summed E-state index contributed by atoms with van der Waals surface area (Å²) in [4.78, 5) is 59.2. The van der Waals surface area contributed by atoms with Gasteiger partial charge in [-0.05, 0) is 12.2 Å². The Labute approximate surface area is 135 Å². The first-order valence-corrected chi connectivity index (χ1v) is 6.33. The second-order valence-corrected chi connectivity index (χ2v) is 4.49. The Morgan fingerprint density at radius 1 is 1.04 bits per heavy atom. The van der Waals surface area contributed by atoms with E-state index in [4.69, 9.17) is 0 Å². The van der Waals surface area contributed by atoms with E-state index >= 15 is 0 Å². The summed E-state index contributed by atoms with van der Waals surface area (Å²) in [6.45, 7) is 0. The molecule has 0 aromatic heterocycles. The molecule has 130 valence electrons. The highest BCUT2D eigenvalue weighted by Crippen LogP contribution is 2.24. The summed E-state index contributed by atoms with van der Waals surface area (Å²) in [5.74, 6) is -7.90. The Kier molecular flexibility index (Phi) is 5.72. The van der Waals surface area contributed by atoms with Crippen molar-refractivity contribution in [1.29, 1.82) is 0 Å². The molecule has 0 aliphatic heterocycles. The van der Waals surface area contributed by atoms with Crippen molar-refractivity contribution in [3.8, 4) is 0 Å². The molecule has 0 amide bonds. The maximum Gasteiger partial charge on any atom is 0.349 e. The number of allylic oxidation sites excluding steroid dienone is 3. The second-order valence-electron chi connectivity index (χ2n) is 4.49. The first-order valence-electron chi connectivity index (χ1n) is 6.33. The molecule has 1 aliphatic carbocycles. The van der Waals surface area contributed by atoms with Crippen LogP contribution in [0.3, 0.4) is 0 Å². The third kappa shape index (κ3) is 2.96. The molecule has 0 spiro atoms. The normalized spacial score (nSPS) is 17.9. The van der Waals surface area contributed by atoms with Crippen LogP contribution in [0.2, 0.25) is 0 Å². The van der Waals surface area contributed by atoms with Crippen molar-refractivity contribution in [3.05, 3.63) is 23.5 Å². The van der Waals surface area contributed by atoms with Crippen molar-refractivity contribution in [2.45, 2.75) is 11.7 Å². The van der Waals surface area contributed by atoms with Crippen LogP contribution in [0.4, 0.5) is 0 Å². The molecule has 0 radical (unpaired) electrons. The number of hydrogen-bond acceptors (Lipinski definition) is 10. The molecule has 0 bridgehead atoms. The summed E-state index contributed by atoms with van der Waals surface area (Å²) in [5.41, 5.74) is -4.40. The van der Waals surface area contributed by atoms with Gasteiger partial charge in [0.05, 0.1) is 26.9 Å². The Balaban J connectivity index is 3.43. The van der Waals surface area contributed by atoms with Gasteiger partial charge >= 0.3 is 11.9 Å². The summed E-state index contributed by atoms with van der Waals surface area (Å²) in [7, 11) is 2.72. The van der Waals surface area contributed by atoms with Crippen LogP contribution in [0.15, 0.2) is 23.5 Å². The second kappa shape index (κ2) is 7.15. The first kappa shape index (κ1) is 19.2. The summed E-state index contributed by atoms with van der Waals surface area (Å²) < 4.78 is 13.0. The van der Waals surface area contributed by atoms with Crippen molar-refractivity contribution in [3.63, 3.8) is 0 Å². The largest absolute Gasteiger partial charge is 0.493 e. The lowest BCUT2D eigenvalue weighted by atomic mass is 9.83. The molecule has 0 saturated heterocycles. The third-order valence-electron chi connectivity index (χ3n) is 3.20. The van der Waals surface area contributed by atoms with E-state index in [-0.39, 0.29) is 5.76 Å². The molecule has 0 aromatic carbocycles. The lowest BCUT2D eigenvalue weighted by Gasteiger charge is -2.27. The first-order chi connectivity index (χ1) is 11.2. The number of ketones is 3.